The molecule has 114 valence electrons. The number of rotatable bonds is 6. The molecule has 1 saturated heterocycles. The molecule has 0 bridgehead atoms. The van der Waals surface area contributed by atoms with Crippen LogP contribution >= 0.6 is 0 Å². The van der Waals surface area contributed by atoms with Crippen LogP contribution in [0.5, 0.6) is 0 Å². The Bertz CT molecular complexity index is 377. The first-order valence-corrected chi connectivity index (χ1v) is 11.6. The van der Waals surface area contributed by atoms with Crippen LogP contribution < -0.4 is 5.14 Å². The van der Waals surface area contributed by atoms with Gasteiger partial charge in [0, 0.05) is 40.9 Å². The summed E-state index contributed by atoms with van der Waals surface area (Å²) in [7, 11) is -4.79. The van der Waals surface area contributed by atoms with Crippen LogP contribution in [0.25, 0.3) is 0 Å². The van der Waals surface area contributed by atoms with Gasteiger partial charge in [-0.25, -0.2) is 5.14 Å². The Labute approximate surface area is 116 Å². The maximum Gasteiger partial charge on any atom is 0.276 e. The van der Waals surface area contributed by atoms with Crippen LogP contribution in [0.2, 0.25) is 25.7 Å². The second-order valence-corrected chi connectivity index (χ2v) is 13.2. The standard InChI is InChI=1S/C10H25N3O4SSi/c1-19(2,3)9-8-17-10(14)12-4-6-13(7-5-12)18(11,15)16/h10,14H,4-9H2,1-3H3,(H2,11,15,16). The second-order valence-electron chi connectivity index (χ2n) is 5.99. The van der Waals surface area contributed by atoms with Crippen molar-refractivity contribution in [3.63, 3.8) is 0 Å². The fourth-order valence-electron chi connectivity index (χ4n) is 1.75. The highest BCUT2D eigenvalue weighted by Crippen LogP contribution is 2.11. The number of hydrogen-bond acceptors (Lipinski definition) is 5. The molecule has 1 fully saturated rings. The van der Waals surface area contributed by atoms with E-state index in [2.05, 4.69) is 19.6 Å². The Hall–Kier alpha value is -0.0331. The van der Waals surface area contributed by atoms with Crippen molar-refractivity contribution in [3.05, 3.63) is 0 Å². The molecule has 1 atom stereocenters. The Balaban J connectivity index is 2.31. The van der Waals surface area contributed by atoms with Gasteiger partial charge in [0.25, 0.3) is 10.2 Å². The van der Waals surface area contributed by atoms with Crippen LogP contribution in [-0.2, 0) is 14.9 Å². The zero-order valence-corrected chi connectivity index (χ0v) is 13.7. The Morgan fingerprint density at radius 3 is 2.21 bits per heavy atom. The number of aliphatic hydroxyl groups excluding tert-OH is 1. The Kier molecular flexibility index (Phi) is 5.92. The molecule has 0 amide bonds. The first-order valence-electron chi connectivity index (χ1n) is 6.41. The molecule has 0 aromatic heterocycles. The van der Waals surface area contributed by atoms with Crippen LogP contribution in [0.4, 0.5) is 0 Å². The molecule has 1 aliphatic rings. The van der Waals surface area contributed by atoms with E-state index < -0.39 is 24.7 Å². The van der Waals surface area contributed by atoms with Crippen LogP contribution in [0.3, 0.4) is 0 Å². The SMILES string of the molecule is C[Si](C)(C)CCOC(O)N1CCN(S(N)(=O)=O)CC1. The number of ether oxygens (including phenoxy) is 1. The third-order valence-electron chi connectivity index (χ3n) is 3.06. The summed E-state index contributed by atoms with van der Waals surface area (Å²) in [6, 6.07) is 0.987. The van der Waals surface area contributed by atoms with E-state index in [1.54, 1.807) is 4.90 Å². The number of hydrogen-bond donors (Lipinski definition) is 2. The van der Waals surface area contributed by atoms with Gasteiger partial charge in [-0.05, 0) is 6.04 Å². The van der Waals surface area contributed by atoms with Crippen molar-refractivity contribution in [3.8, 4) is 0 Å². The van der Waals surface area contributed by atoms with Crippen molar-refractivity contribution in [2.45, 2.75) is 32.1 Å². The van der Waals surface area contributed by atoms with Gasteiger partial charge in [0.15, 0.2) is 0 Å². The Morgan fingerprint density at radius 2 is 1.79 bits per heavy atom. The molecule has 9 heteroatoms. The zero-order chi connectivity index (χ0) is 14.7. The molecule has 7 nitrogen and oxygen atoms in total. The first-order chi connectivity index (χ1) is 8.59. The summed E-state index contributed by atoms with van der Waals surface area (Å²) in [5.74, 6) is 0. The third-order valence-corrected chi connectivity index (χ3v) is 5.85. The molecule has 1 unspecified atom stereocenters. The van der Waals surface area contributed by atoms with Gasteiger partial charge >= 0.3 is 0 Å². The van der Waals surface area contributed by atoms with E-state index in [9.17, 15) is 13.5 Å². The summed E-state index contributed by atoms with van der Waals surface area (Å²) in [5, 5.41) is 14.9. The quantitative estimate of drug-likeness (QED) is 0.506. The minimum absolute atomic E-state index is 0.285. The van der Waals surface area contributed by atoms with E-state index in [0.717, 1.165) is 6.04 Å². The largest absolute Gasteiger partial charge is 0.356 e. The number of nitrogens with two attached hydrogens (primary N) is 1. The fourth-order valence-corrected chi connectivity index (χ4v) is 3.16. The van der Waals surface area contributed by atoms with Crippen molar-refractivity contribution < 1.29 is 18.3 Å². The molecule has 1 aliphatic heterocycles. The van der Waals surface area contributed by atoms with Gasteiger partial charge in [-0.15, -0.1) is 0 Å². The van der Waals surface area contributed by atoms with Gasteiger partial charge in [-0.1, -0.05) is 19.6 Å². The van der Waals surface area contributed by atoms with Crippen molar-refractivity contribution in [2.24, 2.45) is 5.14 Å². The molecule has 0 saturated carbocycles. The summed E-state index contributed by atoms with van der Waals surface area (Å²) in [4.78, 5) is 1.71. The lowest BCUT2D eigenvalue weighted by molar-refractivity contribution is -0.195. The third kappa shape index (κ3) is 6.30. The van der Waals surface area contributed by atoms with Crippen LogP contribution in [0, 0.1) is 0 Å². The summed E-state index contributed by atoms with van der Waals surface area (Å²) in [6.45, 7) is 8.68. The summed E-state index contributed by atoms with van der Waals surface area (Å²) < 4.78 is 28.9. The van der Waals surface area contributed by atoms with E-state index in [-0.39, 0.29) is 13.1 Å². The maximum absolute atomic E-state index is 11.1. The van der Waals surface area contributed by atoms with Gasteiger partial charge < -0.3 is 9.84 Å². The lowest BCUT2D eigenvalue weighted by Gasteiger charge is -2.35. The second kappa shape index (κ2) is 6.61. The molecular weight excluding hydrogens is 286 g/mol. The average Bonchev–Trinajstić information content (AvgIpc) is 2.26. The van der Waals surface area contributed by atoms with Crippen LogP contribution in [0.1, 0.15) is 0 Å². The van der Waals surface area contributed by atoms with Crippen molar-refractivity contribution in [2.75, 3.05) is 32.8 Å². The lowest BCUT2D eigenvalue weighted by Crippen LogP contribution is -2.54. The number of nitrogens with zero attached hydrogens (tertiary/aromatic N) is 2. The topological polar surface area (TPSA) is 96.1 Å². The predicted molar refractivity (Wildman–Crippen MR) is 76.4 cm³/mol. The van der Waals surface area contributed by atoms with E-state index in [0.29, 0.717) is 19.7 Å². The van der Waals surface area contributed by atoms with E-state index in [1.165, 1.54) is 4.31 Å². The molecule has 3 N–H and O–H groups in total. The highest BCUT2D eigenvalue weighted by atomic mass is 32.2. The summed E-state index contributed by atoms with van der Waals surface area (Å²) >= 11 is 0. The van der Waals surface area contributed by atoms with Crippen molar-refractivity contribution >= 4 is 18.3 Å². The van der Waals surface area contributed by atoms with Gasteiger partial charge in [-0.3, -0.25) is 4.90 Å². The summed E-state index contributed by atoms with van der Waals surface area (Å²) in [6.07, 6.45) is -0.959. The molecule has 1 heterocycles. The van der Waals surface area contributed by atoms with Crippen molar-refractivity contribution in [1.82, 2.24) is 9.21 Å². The highest BCUT2D eigenvalue weighted by molar-refractivity contribution is 7.86. The number of aliphatic hydroxyl groups is 1. The number of piperazine rings is 1. The predicted octanol–water partition coefficient (Wildman–Crippen LogP) is -0.562. The van der Waals surface area contributed by atoms with Crippen LogP contribution in [-0.4, -0.2) is 70.0 Å². The smallest absolute Gasteiger partial charge is 0.276 e. The van der Waals surface area contributed by atoms with Gasteiger partial charge in [0.2, 0.25) is 6.41 Å². The molecule has 0 aliphatic carbocycles. The van der Waals surface area contributed by atoms with Crippen molar-refractivity contribution in [1.29, 1.82) is 0 Å². The molecule has 0 radical (unpaired) electrons. The maximum atomic E-state index is 11.1. The molecule has 1 rings (SSSR count). The fraction of sp³-hybridized carbons (Fsp3) is 1.00. The average molecular weight is 311 g/mol. The van der Waals surface area contributed by atoms with E-state index in [4.69, 9.17) is 9.88 Å². The van der Waals surface area contributed by atoms with Crippen LogP contribution in [0.15, 0.2) is 0 Å². The zero-order valence-electron chi connectivity index (χ0n) is 11.9. The minimum Gasteiger partial charge on any atom is -0.356 e. The van der Waals surface area contributed by atoms with Gasteiger partial charge in [0.1, 0.15) is 0 Å². The molecule has 19 heavy (non-hydrogen) atoms. The summed E-state index contributed by atoms with van der Waals surface area (Å²) in [5.41, 5.74) is 0. The Morgan fingerprint density at radius 1 is 1.26 bits per heavy atom. The molecule has 0 aromatic carbocycles. The van der Waals surface area contributed by atoms with Gasteiger partial charge in [0.05, 0.1) is 0 Å². The first kappa shape index (κ1) is 17.0. The van der Waals surface area contributed by atoms with E-state index >= 15 is 0 Å². The van der Waals surface area contributed by atoms with E-state index in [1.807, 2.05) is 0 Å². The molecule has 0 spiro atoms. The molecule has 0 aromatic rings. The minimum atomic E-state index is -3.62. The molecular formula is C10H25N3O4SSi. The van der Waals surface area contributed by atoms with Gasteiger partial charge in [-0.2, -0.15) is 12.7 Å². The lowest BCUT2D eigenvalue weighted by atomic mass is 10.4. The highest BCUT2D eigenvalue weighted by Gasteiger charge is 2.27. The monoisotopic (exact) mass is 311 g/mol. The normalized spacial score (nSPS) is 21.5.